The molecule has 1 fully saturated rings. The van der Waals surface area contributed by atoms with E-state index in [1.807, 2.05) is 7.05 Å². The van der Waals surface area contributed by atoms with Gasteiger partial charge in [0.1, 0.15) is 22.0 Å². The molecule has 3 aromatic rings. The van der Waals surface area contributed by atoms with E-state index in [9.17, 15) is 23.1 Å². The van der Waals surface area contributed by atoms with Crippen LogP contribution >= 0.6 is 11.3 Å². The van der Waals surface area contributed by atoms with Crippen molar-refractivity contribution in [3.8, 4) is 5.75 Å². The van der Waals surface area contributed by atoms with Gasteiger partial charge in [-0.25, -0.2) is 4.98 Å². The largest absolute Gasteiger partial charge is 0.506 e. The van der Waals surface area contributed by atoms with Gasteiger partial charge < -0.3 is 31.3 Å². The Morgan fingerprint density at radius 2 is 1.88 bits per heavy atom. The number of nitrogens with zero attached hydrogens (tertiary/aromatic N) is 4. The minimum atomic E-state index is -4.74. The summed E-state index contributed by atoms with van der Waals surface area (Å²) >= 11 is 0.995. The molecule has 0 bridgehead atoms. The highest BCUT2D eigenvalue weighted by molar-refractivity contribution is 7.12. The smallest absolute Gasteiger partial charge is 0.421 e. The van der Waals surface area contributed by atoms with Crippen molar-refractivity contribution in [1.82, 2.24) is 14.9 Å². The number of nitrogens with one attached hydrogen (secondary N) is 2. The third kappa shape index (κ3) is 5.15. The van der Waals surface area contributed by atoms with Crippen molar-refractivity contribution in [3.05, 3.63) is 46.3 Å². The number of carbonyl (C=O) groups excluding carboxylic acids is 1. The highest BCUT2D eigenvalue weighted by Crippen LogP contribution is 2.37. The van der Waals surface area contributed by atoms with Crippen molar-refractivity contribution in [3.63, 3.8) is 0 Å². The van der Waals surface area contributed by atoms with E-state index >= 15 is 0 Å². The summed E-state index contributed by atoms with van der Waals surface area (Å²) < 4.78 is 40.6. The number of aromatic nitrogens is 2. The Balaban J connectivity index is 1.59. The molecule has 0 aliphatic carbocycles. The molecule has 0 atom stereocenters. The molecule has 2 aromatic heterocycles. The number of rotatable bonds is 6. The van der Waals surface area contributed by atoms with Crippen molar-refractivity contribution in [2.45, 2.75) is 6.18 Å². The third-order valence-electron chi connectivity index (χ3n) is 5.33. The van der Waals surface area contributed by atoms with Gasteiger partial charge in [0.25, 0.3) is 5.91 Å². The number of alkyl halides is 3. The Labute approximate surface area is 197 Å². The van der Waals surface area contributed by atoms with Crippen LogP contribution in [-0.2, 0) is 6.18 Å². The summed E-state index contributed by atoms with van der Waals surface area (Å²) in [4.78, 5) is 23.7. The van der Waals surface area contributed by atoms with Gasteiger partial charge in [-0.15, -0.1) is 11.3 Å². The normalized spacial score (nSPS) is 14.8. The van der Waals surface area contributed by atoms with E-state index in [0.29, 0.717) is 6.20 Å². The Morgan fingerprint density at radius 3 is 2.53 bits per heavy atom. The molecule has 34 heavy (non-hydrogen) atoms. The van der Waals surface area contributed by atoms with Gasteiger partial charge >= 0.3 is 6.18 Å². The van der Waals surface area contributed by atoms with Gasteiger partial charge in [0.05, 0.1) is 11.4 Å². The van der Waals surface area contributed by atoms with Crippen LogP contribution < -0.4 is 21.3 Å². The van der Waals surface area contributed by atoms with E-state index in [1.54, 1.807) is 18.2 Å². The fourth-order valence-corrected chi connectivity index (χ4v) is 4.18. The Morgan fingerprint density at radius 1 is 1.15 bits per heavy atom. The van der Waals surface area contributed by atoms with Crippen LogP contribution in [0.15, 0.2) is 35.8 Å². The minimum Gasteiger partial charge on any atom is -0.506 e. The van der Waals surface area contributed by atoms with E-state index in [2.05, 4.69) is 30.4 Å². The Kier molecular flexibility index (Phi) is 6.48. The number of likely N-dealkylation sites (N-methyl/N-ethyl adjacent to an activating group) is 1. The molecule has 4 rings (SSSR count). The maximum Gasteiger partial charge on any atom is 0.421 e. The van der Waals surface area contributed by atoms with E-state index < -0.39 is 23.5 Å². The number of amides is 1. The van der Waals surface area contributed by atoms with Crippen molar-refractivity contribution in [1.29, 1.82) is 0 Å². The molecule has 0 spiro atoms. The minimum absolute atomic E-state index is 0.0679. The van der Waals surface area contributed by atoms with Gasteiger partial charge in [0.2, 0.25) is 5.95 Å². The van der Waals surface area contributed by atoms with E-state index in [1.165, 1.54) is 11.4 Å². The highest BCUT2D eigenvalue weighted by atomic mass is 32.1. The monoisotopic (exact) mass is 493 g/mol. The van der Waals surface area contributed by atoms with Gasteiger partial charge in [-0.3, -0.25) is 4.79 Å². The zero-order valence-corrected chi connectivity index (χ0v) is 18.9. The van der Waals surface area contributed by atoms with Crippen LogP contribution in [0.25, 0.3) is 0 Å². The molecule has 180 valence electrons. The zero-order valence-electron chi connectivity index (χ0n) is 18.1. The quantitative estimate of drug-likeness (QED) is 0.385. The predicted molar refractivity (Wildman–Crippen MR) is 124 cm³/mol. The van der Waals surface area contributed by atoms with Crippen LogP contribution in [0.1, 0.15) is 15.2 Å². The molecule has 0 radical (unpaired) electrons. The lowest BCUT2D eigenvalue weighted by molar-refractivity contribution is -0.137. The summed E-state index contributed by atoms with van der Waals surface area (Å²) in [5.74, 6) is -1.60. The average Bonchev–Trinajstić information content (AvgIpc) is 3.23. The number of phenolic OH excluding ortho intramolecular Hbond substituents is 1. The maximum atomic E-state index is 13.5. The fourth-order valence-electron chi connectivity index (χ4n) is 3.48. The number of anilines is 5. The number of phenols is 1. The first kappa shape index (κ1) is 23.6. The standard InChI is InChI=1S/C21H22F3N7O2S/c1-30-5-7-31(8-6-30)12-2-3-14(16(32)10-12)28-20-26-11-13(21(22,23)24)19(29-20)27-15-4-9-34-17(15)18(25)33/h2-4,9-11,32H,5-8H2,1H3,(H2,25,33)(H2,26,27,28,29). The second kappa shape index (κ2) is 9.35. The number of hydrogen-bond acceptors (Lipinski definition) is 9. The van der Waals surface area contributed by atoms with Crippen molar-refractivity contribution < 1.29 is 23.1 Å². The highest BCUT2D eigenvalue weighted by Gasteiger charge is 2.35. The van der Waals surface area contributed by atoms with Crippen LogP contribution in [0.3, 0.4) is 0 Å². The van der Waals surface area contributed by atoms with Gasteiger partial charge in [0, 0.05) is 44.1 Å². The predicted octanol–water partition coefficient (Wildman–Crippen LogP) is 3.60. The number of benzene rings is 1. The van der Waals surface area contributed by atoms with Crippen LogP contribution in [0.2, 0.25) is 0 Å². The number of nitrogens with two attached hydrogens (primary N) is 1. The van der Waals surface area contributed by atoms with Gasteiger partial charge in [-0.05, 0) is 30.6 Å². The van der Waals surface area contributed by atoms with Crippen LogP contribution in [0, 0.1) is 0 Å². The van der Waals surface area contributed by atoms with Crippen LogP contribution in [0.4, 0.5) is 42.0 Å². The molecule has 1 aliphatic heterocycles. The molecular formula is C21H22F3N7O2S. The van der Waals surface area contributed by atoms with E-state index in [-0.39, 0.29) is 27.9 Å². The van der Waals surface area contributed by atoms with Crippen molar-refractivity contribution >= 4 is 46.1 Å². The van der Waals surface area contributed by atoms with Crippen molar-refractivity contribution in [2.24, 2.45) is 5.73 Å². The Bertz CT molecular complexity index is 1190. The first-order valence-electron chi connectivity index (χ1n) is 10.2. The Hall–Kier alpha value is -3.58. The maximum absolute atomic E-state index is 13.5. The van der Waals surface area contributed by atoms with Crippen molar-refractivity contribution in [2.75, 3.05) is 48.8 Å². The lowest BCUT2D eigenvalue weighted by Gasteiger charge is -2.34. The summed E-state index contributed by atoms with van der Waals surface area (Å²) in [7, 11) is 2.04. The zero-order chi connectivity index (χ0) is 24.5. The topological polar surface area (TPSA) is 120 Å². The third-order valence-corrected chi connectivity index (χ3v) is 6.26. The van der Waals surface area contributed by atoms with E-state index in [0.717, 1.165) is 43.2 Å². The first-order chi connectivity index (χ1) is 16.1. The number of thiophene rings is 1. The van der Waals surface area contributed by atoms with Crippen LogP contribution in [-0.4, -0.2) is 59.1 Å². The molecule has 1 amide bonds. The molecule has 1 aliphatic rings. The van der Waals surface area contributed by atoms with Gasteiger partial charge in [-0.2, -0.15) is 18.2 Å². The van der Waals surface area contributed by atoms with E-state index in [4.69, 9.17) is 5.73 Å². The lowest BCUT2D eigenvalue weighted by Crippen LogP contribution is -2.44. The number of hydrogen-bond donors (Lipinski definition) is 4. The molecule has 0 saturated carbocycles. The SMILES string of the molecule is CN1CCN(c2ccc(Nc3ncc(C(F)(F)F)c(Nc4ccsc4C(N)=O)n3)c(O)c2)CC1. The van der Waals surface area contributed by atoms with Gasteiger partial charge in [0.15, 0.2) is 0 Å². The molecule has 1 saturated heterocycles. The number of halogens is 3. The number of carbonyl (C=O) groups is 1. The number of piperazine rings is 1. The van der Waals surface area contributed by atoms with Crippen LogP contribution in [0.5, 0.6) is 5.75 Å². The average molecular weight is 494 g/mol. The summed E-state index contributed by atoms with van der Waals surface area (Å²) in [5.41, 5.74) is 5.35. The number of aromatic hydroxyl groups is 1. The molecule has 5 N–H and O–H groups in total. The summed E-state index contributed by atoms with van der Waals surface area (Å²) in [6.07, 6.45) is -4.11. The van der Waals surface area contributed by atoms with Gasteiger partial charge in [-0.1, -0.05) is 0 Å². The molecule has 9 nitrogen and oxygen atoms in total. The molecule has 1 aromatic carbocycles. The summed E-state index contributed by atoms with van der Waals surface area (Å²) in [6.45, 7) is 3.43. The second-order valence-electron chi connectivity index (χ2n) is 7.72. The molecule has 3 heterocycles. The fraction of sp³-hybridized carbons (Fsp3) is 0.286. The summed E-state index contributed by atoms with van der Waals surface area (Å²) in [5, 5.41) is 17.3. The molecular weight excluding hydrogens is 471 g/mol. The summed E-state index contributed by atoms with van der Waals surface area (Å²) in [6, 6.07) is 6.44. The molecule has 13 heteroatoms. The second-order valence-corrected chi connectivity index (χ2v) is 8.64. The lowest BCUT2D eigenvalue weighted by atomic mass is 10.2. The molecule has 0 unspecified atom stereocenters. The first-order valence-corrected chi connectivity index (χ1v) is 11.1. The number of primary amides is 1.